The quantitative estimate of drug-likeness (QED) is 0.688. The molecule has 34 heavy (non-hydrogen) atoms. The molecule has 0 unspecified atom stereocenters. The average molecular weight is 464 g/mol. The van der Waals surface area contributed by atoms with Crippen LogP contribution in [0, 0.1) is 6.92 Å². The van der Waals surface area contributed by atoms with Crippen molar-refractivity contribution in [1.82, 2.24) is 25.1 Å². The van der Waals surface area contributed by atoms with E-state index in [-0.39, 0.29) is 42.0 Å². The zero-order valence-electron chi connectivity index (χ0n) is 20.0. The Morgan fingerprint density at radius 2 is 1.91 bits per heavy atom. The van der Waals surface area contributed by atoms with E-state index >= 15 is 0 Å². The number of fused-ring (bicyclic) bond motifs is 1. The third-order valence-corrected chi connectivity index (χ3v) is 7.36. The van der Waals surface area contributed by atoms with Crippen LogP contribution in [0.15, 0.2) is 30.6 Å². The first kappa shape index (κ1) is 22.6. The van der Waals surface area contributed by atoms with E-state index in [4.69, 9.17) is 0 Å². The predicted octanol–water partition coefficient (Wildman–Crippen LogP) is 2.95. The highest BCUT2D eigenvalue weighted by molar-refractivity contribution is 6.07. The van der Waals surface area contributed by atoms with E-state index in [1.54, 1.807) is 9.47 Å². The van der Waals surface area contributed by atoms with E-state index in [2.05, 4.69) is 15.6 Å². The van der Waals surface area contributed by atoms with Crippen molar-refractivity contribution in [3.63, 3.8) is 0 Å². The second kappa shape index (κ2) is 8.89. The number of nitrogens with zero attached hydrogens (tertiary/aromatic N) is 3. The summed E-state index contributed by atoms with van der Waals surface area (Å²) in [5.41, 5.74) is 1.56. The van der Waals surface area contributed by atoms with Crippen molar-refractivity contribution in [1.29, 1.82) is 0 Å². The number of carbonyl (C=O) groups excluding carboxylic acids is 3. The number of rotatable bonds is 6. The highest BCUT2D eigenvalue weighted by atomic mass is 16.2. The summed E-state index contributed by atoms with van der Waals surface area (Å²) in [5.74, 6) is -0.771. The van der Waals surface area contributed by atoms with Crippen LogP contribution in [0.4, 0.5) is 0 Å². The number of amides is 3. The van der Waals surface area contributed by atoms with Crippen LogP contribution in [0.5, 0.6) is 0 Å². The molecular formula is C26H33N5O3. The van der Waals surface area contributed by atoms with Crippen LogP contribution >= 0.6 is 0 Å². The number of nitrogens with one attached hydrogen (secondary N) is 2. The van der Waals surface area contributed by atoms with Crippen LogP contribution in [0.3, 0.4) is 0 Å². The van der Waals surface area contributed by atoms with Crippen molar-refractivity contribution in [2.24, 2.45) is 0 Å². The maximum atomic E-state index is 13.7. The first-order valence-electron chi connectivity index (χ1n) is 12.4. The van der Waals surface area contributed by atoms with Crippen molar-refractivity contribution >= 4 is 17.7 Å². The van der Waals surface area contributed by atoms with Gasteiger partial charge in [0.25, 0.3) is 11.8 Å². The Bertz CT molecular complexity index is 1120. The maximum Gasteiger partial charge on any atom is 0.274 e. The van der Waals surface area contributed by atoms with Crippen molar-refractivity contribution in [2.45, 2.75) is 89.5 Å². The highest BCUT2D eigenvalue weighted by Gasteiger charge is 2.53. The van der Waals surface area contributed by atoms with Gasteiger partial charge in [-0.25, -0.2) is 4.98 Å². The maximum absolute atomic E-state index is 13.7. The van der Waals surface area contributed by atoms with Crippen molar-refractivity contribution in [2.75, 3.05) is 0 Å². The number of aromatic nitrogens is 2. The molecule has 0 saturated heterocycles. The Morgan fingerprint density at radius 1 is 1.15 bits per heavy atom. The average Bonchev–Trinajstić information content (AvgIpc) is 3.55. The van der Waals surface area contributed by atoms with Crippen LogP contribution in [-0.2, 0) is 17.9 Å². The Morgan fingerprint density at radius 3 is 2.62 bits per heavy atom. The minimum Gasteiger partial charge on any atom is -0.350 e. The van der Waals surface area contributed by atoms with Crippen molar-refractivity contribution < 1.29 is 14.4 Å². The normalized spacial score (nSPS) is 22.9. The van der Waals surface area contributed by atoms with Gasteiger partial charge in [-0.2, -0.15) is 0 Å². The predicted molar refractivity (Wildman–Crippen MR) is 127 cm³/mol. The first-order valence-corrected chi connectivity index (χ1v) is 12.4. The van der Waals surface area contributed by atoms with Gasteiger partial charge < -0.3 is 20.1 Å². The van der Waals surface area contributed by atoms with Gasteiger partial charge in [0.1, 0.15) is 11.2 Å². The Balaban J connectivity index is 1.37. The largest absolute Gasteiger partial charge is 0.350 e. The van der Waals surface area contributed by atoms with Crippen LogP contribution in [-0.4, -0.2) is 49.8 Å². The second-order valence-electron chi connectivity index (χ2n) is 10.2. The molecule has 5 rings (SSSR count). The molecule has 2 N–H and O–H groups in total. The molecule has 0 spiro atoms. The lowest BCUT2D eigenvalue weighted by Gasteiger charge is -2.44. The molecular weight excluding hydrogens is 430 g/mol. The fourth-order valence-corrected chi connectivity index (χ4v) is 5.42. The molecule has 1 aliphatic heterocycles. The Hall–Kier alpha value is -3.16. The summed E-state index contributed by atoms with van der Waals surface area (Å²) < 4.78 is 1.68. The molecule has 2 aromatic rings. The van der Waals surface area contributed by atoms with Crippen LogP contribution < -0.4 is 10.6 Å². The summed E-state index contributed by atoms with van der Waals surface area (Å²) in [4.78, 5) is 46.2. The third kappa shape index (κ3) is 4.21. The van der Waals surface area contributed by atoms with Gasteiger partial charge in [-0.15, -0.1) is 0 Å². The van der Waals surface area contributed by atoms with Crippen molar-refractivity contribution in [3.05, 3.63) is 53.1 Å². The van der Waals surface area contributed by atoms with Crippen LogP contribution in [0.25, 0.3) is 0 Å². The fraction of sp³-hybridized carbons (Fsp3) is 0.538. The molecule has 3 aliphatic rings. The van der Waals surface area contributed by atoms with E-state index in [0.29, 0.717) is 12.2 Å². The minimum atomic E-state index is -1.05. The van der Waals surface area contributed by atoms with Crippen LogP contribution in [0.2, 0.25) is 0 Å². The molecule has 2 saturated carbocycles. The van der Waals surface area contributed by atoms with Gasteiger partial charge in [0.05, 0.1) is 12.9 Å². The third-order valence-electron chi connectivity index (χ3n) is 7.36. The molecule has 2 fully saturated rings. The highest BCUT2D eigenvalue weighted by Crippen LogP contribution is 2.39. The Labute approximate surface area is 200 Å². The topological polar surface area (TPSA) is 96.3 Å². The molecule has 2 aliphatic carbocycles. The fourth-order valence-electron chi connectivity index (χ4n) is 5.42. The summed E-state index contributed by atoms with van der Waals surface area (Å²) in [6.45, 7) is 4.51. The monoisotopic (exact) mass is 463 g/mol. The molecule has 1 aromatic heterocycles. The summed E-state index contributed by atoms with van der Waals surface area (Å²) in [6.07, 6.45) is 8.60. The molecule has 180 valence electrons. The number of aryl methyl sites for hydroxylation is 1. The lowest BCUT2D eigenvalue weighted by atomic mass is 9.93. The van der Waals surface area contributed by atoms with E-state index in [1.807, 2.05) is 38.1 Å². The van der Waals surface area contributed by atoms with Gasteiger partial charge >= 0.3 is 0 Å². The van der Waals surface area contributed by atoms with Gasteiger partial charge in [-0.1, -0.05) is 49.1 Å². The number of carbonyl (C=O) groups is 3. The number of benzene rings is 1. The number of hydrogen-bond donors (Lipinski definition) is 2. The smallest absolute Gasteiger partial charge is 0.274 e. The molecule has 2 heterocycles. The van der Waals surface area contributed by atoms with E-state index in [0.717, 1.165) is 49.7 Å². The summed E-state index contributed by atoms with van der Waals surface area (Å²) >= 11 is 0. The molecule has 0 bridgehead atoms. The van der Waals surface area contributed by atoms with Gasteiger partial charge in [0.15, 0.2) is 5.69 Å². The van der Waals surface area contributed by atoms with Crippen molar-refractivity contribution in [3.8, 4) is 0 Å². The lowest BCUT2D eigenvalue weighted by Crippen LogP contribution is -2.64. The standard InChI is InChI=1S/C26H33N5O3/c1-17-7-6-8-18(13-17)14-27-25(34)26(2)15-30-16-28-21(22(30)24(33)31(26)20-11-12-20)23(32)29-19-9-4-3-5-10-19/h6-8,13,16,19-20H,3-5,9-12,14-15H2,1-2H3,(H,27,34)(H,29,32)/t26-/m0/s1. The molecule has 1 aromatic carbocycles. The van der Waals surface area contributed by atoms with Gasteiger partial charge in [-0.05, 0) is 45.1 Å². The first-order chi connectivity index (χ1) is 16.4. The molecule has 3 amide bonds. The van der Waals surface area contributed by atoms with E-state index < -0.39 is 5.54 Å². The van der Waals surface area contributed by atoms with Crippen LogP contribution in [0.1, 0.15) is 84.0 Å². The van der Waals surface area contributed by atoms with Gasteiger partial charge in [0.2, 0.25) is 5.91 Å². The number of hydrogen-bond acceptors (Lipinski definition) is 4. The Kier molecular flexibility index (Phi) is 5.91. The van der Waals surface area contributed by atoms with E-state index in [9.17, 15) is 14.4 Å². The molecule has 1 atom stereocenters. The summed E-state index contributed by atoms with van der Waals surface area (Å²) in [7, 11) is 0. The molecule has 8 nitrogen and oxygen atoms in total. The summed E-state index contributed by atoms with van der Waals surface area (Å²) in [5, 5.41) is 6.11. The number of imidazole rings is 1. The minimum absolute atomic E-state index is 0.0140. The molecule has 0 radical (unpaired) electrons. The van der Waals surface area contributed by atoms with Gasteiger partial charge in [-0.3, -0.25) is 14.4 Å². The van der Waals surface area contributed by atoms with E-state index in [1.165, 1.54) is 12.7 Å². The molecule has 8 heteroatoms. The zero-order chi connectivity index (χ0) is 23.9. The summed E-state index contributed by atoms with van der Waals surface area (Å²) in [6, 6.07) is 8.15. The van der Waals surface area contributed by atoms with Gasteiger partial charge in [0, 0.05) is 18.6 Å². The zero-order valence-corrected chi connectivity index (χ0v) is 20.0. The SMILES string of the molecule is Cc1cccc(CNC(=O)[C@]2(C)Cn3cnc(C(=O)NC4CCCCC4)c3C(=O)N2C2CC2)c1. The second-order valence-corrected chi connectivity index (χ2v) is 10.2. The lowest BCUT2D eigenvalue weighted by molar-refractivity contribution is -0.133.